The molecule has 1 amide bonds. The van der Waals surface area contributed by atoms with Crippen molar-refractivity contribution in [2.75, 3.05) is 11.5 Å². The van der Waals surface area contributed by atoms with E-state index >= 15 is 0 Å². The predicted octanol–water partition coefficient (Wildman–Crippen LogP) is 0.973. The molecule has 1 saturated heterocycles. The van der Waals surface area contributed by atoms with Gasteiger partial charge in [0.25, 0.3) is 0 Å². The van der Waals surface area contributed by atoms with Crippen molar-refractivity contribution >= 4 is 37.7 Å². The van der Waals surface area contributed by atoms with E-state index in [1.807, 2.05) is 13.0 Å². The molecule has 0 spiro atoms. The van der Waals surface area contributed by atoms with Gasteiger partial charge in [-0.3, -0.25) is 4.79 Å². The first-order chi connectivity index (χ1) is 13.1. The van der Waals surface area contributed by atoms with Crippen LogP contribution in [0.2, 0.25) is 0 Å². The number of hydrogen-bond acceptors (Lipinski definition) is 7. The van der Waals surface area contributed by atoms with E-state index in [2.05, 4.69) is 5.32 Å². The Kier molecular flexibility index (Phi) is 4.31. The summed E-state index contributed by atoms with van der Waals surface area (Å²) in [7, 11) is -3.38. The van der Waals surface area contributed by atoms with Crippen LogP contribution in [0, 0.1) is 13.8 Å². The molecule has 2 N–H and O–H groups in total. The molecule has 0 bridgehead atoms. The van der Waals surface area contributed by atoms with Crippen LogP contribution in [-0.2, 0) is 21.1 Å². The van der Waals surface area contributed by atoms with E-state index in [1.54, 1.807) is 19.3 Å². The number of sulfone groups is 1. The third-order valence-electron chi connectivity index (χ3n) is 5.18. The van der Waals surface area contributed by atoms with Crippen molar-refractivity contribution in [2.45, 2.75) is 32.4 Å². The summed E-state index contributed by atoms with van der Waals surface area (Å²) in [6.45, 7) is 3.64. The van der Waals surface area contributed by atoms with Crippen LogP contribution in [0.5, 0.6) is 0 Å². The topological polar surface area (TPSA) is 127 Å². The second-order valence-corrected chi connectivity index (χ2v) is 9.41. The summed E-state index contributed by atoms with van der Waals surface area (Å²) in [6.07, 6.45) is 0.197. The lowest BCUT2D eigenvalue weighted by Gasteiger charge is -2.15. The third-order valence-corrected chi connectivity index (χ3v) is 6.90. The van der Waals surface area contributed by atoms with Crippen molar-refractivity contribution in [3.05, 3.63) is 45.5 Å². The standard InChI is InChI=1S/C19H19NO7S/c1-9-6-26-16-5-17-12(3-11(9)16)10(2)13(19(23)27-17)4-18(22)20-14-7-28(24,25)8-15(14)21/h3,5-6,14-15,21H,4,7-8H2,1-2H3,(H,20,22)/t14-,15+/m1/s1. The molecule has 1 aliphatic heterocycles. The number of aryl methyl sites for hydroxylation is 2. The van der Waals surface area contributed by atoms with E-state index in [9.17, 15) is 23.1 Å². The van der Waals surface area contributed by atoms with Crippen molar-refractivity contribution in [3.8, 4) is 0 Å². The van der Waals surface area contributed by atoms with Crippen LogP contribution < -0.4 is 10.9 Å². The average molecular weight is 405 g/mol. The molecule has 148 valence electrons. The molecule has 2 aromatic heterocycles. The monoisotopic (exact) mass is 405 g/mol. The first-order valence-corrected chi connectivity index (χ1v) is 10.6. The minimum absolute atomic E-state index is 0.195. The fourth-order valence-corrected chi connectivity index (χ4v) is 5.37. The van der Waals surface area contributed by atoms with Crippen LogP contribution in [0.15, 0.2) is 32.0 Å². The molecule has 1 aliphatic rings. The Hall–Kier alpha value is -2.65. The van der Waals surface area contributed by atoms with Crippen LogP contribution in [0.1, 0.15) is 16.7 Å². The number of fused-ring (bicyclic) bond motifs is 2. The molecule has 4 rings (SSSR count). The molecule has 28 heavy (non-hydrogen) atoms. The number of furan rings is 1. The molecule has 1 fully saturated rings. The van der Waals surface area contributed by atoms with Gasteiger partial charge in [-0.15, -0.1) is 0 Å². The van der Waals surface area contributed by atoms with Crippen LogP contribution in [0.25, 0.3) is 21.9 Å². The van der Waals surface area contributed by atoms with Crippen molar-refractivity contribution in [1.29, 1.82) is 0 Å². The fourth-order valence-electron chi connectivity index (χ4n) is 3.63. The highest BCUT2D eigenvalue weighted by molar-refractivity contribution is 7.91. The van der Waals surface area contributed by atoms with Gasteiger partial charge in [-0.2, -0.15) is 0 Å². The van der Waals surface area contributed by atoms with Crippen LogP contribution in [0.3, 0.4) is 0 Å². The Morgan fingerprint density at radius 1 is 1.21 bits per heavy atom. The summed E-state index contributed by atoms with van der Waals surface area (Å²) in [5, 5.41) is 13.9. The second-order valence-electron chi connectivity index (χ2n) is 7.25. The summed E-state index contributed by atoms with van der Waals surface area (Å²) in [5.41, 5.74) is 2.09. The first-order valence-electron chi connectivity index (χ1n) is 8.76. The maximum absolute atomic E-state index is 12.4. The first kappa shape index (κ1) is 18.7. The third kappa shape index (κ3) is 3.20. The molecular weight excluding hydrogens is 386 g/mol. The average Bonchev–Trinajstić information content (AvgIpc) is 3.08. The largest absolute Gasteiger partial charge is 0.464 e. The van der Waals surface area contributed by atoms with E-state index in [1.165, 1.54) is 0 Å². The van der Waals surface area contributed by atoms with Gasteiger partial charge in [0.05, 0.1) is 41.9 Å². The maximum Gasteiger partial charge on any atom is 0.340 e. The van der Waals surface area contributed by atoms with Crippen molar-refractivity contribution in [1.82, 2.24) is 5.32 Å². The highest BCUT2D eigenvalue weighted by Gasteiger charge is 2.37. The van der Waals surface area contributed by atoms with Gasteiger partial charge in [-0.25, -0.2) is 13.2 Å². The quantitative estimate of drug-likeness (QED) is 0.622. The van der Waals surface area contributed by atoms with Crippen LogP contribution >= 0.6 is 0 Å². The predicted molar refractivity (Wildman–Crippen MR) is 102 cm³/mol. The number of benzene rings is 1. The zero-order chi connectivity index (χ0) is 20.2. The molecule has 3 aromatic rings. The lowest BCUT2D eigenvalue weighted by atomic mass is 10.0. The van der Waals surface area contributed by atoms with Gasteiger partial charge in [-0.05, 0) is 31.0 Å². The van der Waals surface area contributed by atoms with Crippen LogP contribution in [0.4, 0.5) is 0 Å². The van der Waals surface area contributed by atoms with Crippen LogP contribution in [-0.4, -0.2) is 43.1 Å². The Morgan fingerprint density at radius 3 is 2.64 bits per heavy atom. The van der Waals surface area contributed by atoms with E-state index in [0.717, 1.165) is 10.9 Å². The number of aliphatic hydroxyl groups is 1. The number of amides is 1. The van der Waals surface area contributed by atoms with Gasteiger partial charge in [0.1, 0.15) is 11.2 Å². The smallest absolute Gasteiger partial charge is 0.340 e. The summed E-state index contributed by atoms with van der Waals surface area (Å²) < 4.78 is 34.0. The van der Waals surface area contributed by atoms with Gasteiger partial charge < -0.3 is 19.3 Å². The molecule has 9 heteroatoms. The summed E-state index contributed by atoms with van der Waals surface area (Å²) in [5.74, 6) is -1.24. The number of rotatable bonds is 3. The molecule has 3 heterocycles. The summed E-state index contributed by atoms with van der Waals surface area (Å²) >= 11 is 0. The summed E-state index contributed by atoms with van der Waals surface area (Å²) in [6, 6.07) is 2.63. The zero-order valence-corrected chi connectivity index (χ0v) is 16.1. The van der Waals surface area contributed by atoms with Crippen molar-refractivity contribution < 1.29 is 27.2 Å². The lowest BCUT2D eigenvalue weighted by molar-refractivity contribution is -0.121. The number of nitrogens with one attached hydrogen (secondary N) is 1. The molecule has 0 aliphatic carbocycles. The number of carbonyl (C=O) groups is 1. The van der Waals surface area contributed by atoms with Gasteiger partial charge in [0, 0.05) is 16.8 Å². The number of hydrogen-bond donors (Lipinski definition) is 2. The van der Waals surface area contributed by atoms with E-state index < -0.39 is 33.5 Å². The maximum atomic E-state index is 12.4. The van der Waals surface area contributed by atoms with E-state index in [4.69, 9.17) is 8.83 Å². The lowest BCUT2D eigenvalue weighted by Crippen LogP contribution is -2.43. The summed E-state index contributed by atoms with van der Waals surface area (Å²) in [4.78, 5) is 24.8. The van der Waals surface area contributed by atoms with Gasteiger partial charge >= 0.3 is 5.63 Å². The van der Waals surface area contributed by atoms with Gasteiger partial charge in [0.2, 0.25) is 5.91 Å². The van der Waals surface area contributed by atoms with Gasteiger partial charge in [-0.1, -0.05) is 0 Å². The van der Waals surface area contributed by atoms with Crippen molar-refractivity contribution in [3.63, 3.8) is 0 Å². The van der Waals surface area contributed by atoms with E-state index in [-0.39, 0.29) is 23.5 Å². The molecule has 0 radical (unpaired) electrons. The zero-order valence-electron chi connectivity index (χ0n) is 15.3. The molecule has 8 nitrogen and oxygen atoms in total. The van der Waals surface area contributed by atoms with Crippen molar-refractivity contribution in [2.24, 2.45) is 0 Å². The highest BCUT2D eigenvalue weighted by atomic mass is 32.2. The van der Waals surface area contributed by atoms with E-state index in [0.29, 0.717) is 22.1 Å². The Labute approximate surface area is 160 Å². The minimum Gasteiger partial charge on any atom is -0.464 e. The Bertz CT molecular complexity index is 1270. The fraction of sp³-hybridized carbons (Fsp3) is 0.368. The normalized spacial score (nSPS) is 21.4. The number of carbonyl (C=O) groups excluding carboxylic acids is 1. The Balaban J connectivity index is 1.66. The number of aliphatic hydroxyl groups excluding tert-OH is 1. The molecular formula is C19H19NO7S. The van der Waals surface area contributed by atoms with Gasteiger partial charge in [0.15, 0.2) is 9.84 Å². The molecule has 0 unspecified atom stereocenters. The molecule has 0 saturated carbocycles. The second kappa shape index (κ2) is 6.46. The minimum atomic E-state index is -3.38. The molecule has 1 aromatic carbocycles. The Morgan fingerprint density at radius 2 is 1.96 bits per heavy atom. The molecule has 2 atom stereocenters. The highest BCUT2D eigenvalue weighted by Crippen LogP contribution is 2.28. The SMILES string of the molecule is Cc1coc2cc3oc(=O)c(CC(=O)N[C@@H]4CS(=O)(=O)C[C@@H]4O)c(C)c3cc12.